The number of nitrogens with one attached hydrogen (secondary N) is 1. The number of aromatic nitrogens is 2. The van der Waals surface area contributed by atoms with Crippen LogP contribution in [0.2, 0.25) is 0 Å². The molecule has 0 bridgehead atoms. The molecular formula is C14H19N3O2. The second kappa shape index (κ2) is 6.33. The van der Waals surface area contributed by atoms with Gasteiger partial charge in [0.2, 0.25) is 0 Å². The Kier molecular flexibility index (Phi) is 4.52. The number of nitrogens with zero attached hydrogens (tertiary/aromatic N) is 2. The highest BCUT2D eigenvalue weighted by molar-refractivity contribution is 5.99. The molecule has 5 nitrogen and oxygen atoms in total. The van der Waals surface area contributed by atoms with Gasteiger partial charge in [-0.15, -0.1) is 0 Å². The lowest BCUT2D eigenvalue weighted by Gasteiger charge is -2.02. The summed E-state index contributed by atoms with van der Waals surface area (Å²) >= 11 is 0. The normalized spacial score (nSPS) is 10.8. The fraction of sp³-hybridized carbons (Fsp3) is 0.429. The third-order valence-electron chi connectivity index (χ3n) is 2.96. The molecule has 2 heterocycles. The maximum atomic E-state index is 12.1. The number of imidazole rings is 1. The summed E-state index contributed by atoms with van der Waals surface area (Å²) in [5.41, 5.74) is 1.35. The Hall–Kier alpha value is -1.88. The lowest BCUT2D eigenvalue weighted by molar-refractivity contribution is 0.0945. The second-order valence-corrected chi connectivity index (χ2v) is 4.29. The summed E-state index contributed by atoms with van der Waals surface area (Å²) in [6.07, 6.45) is 3.53. The Labute approximate surface area is 112 Å². The molecule has 2 aromatic heterocycles. The van der Waals surface area contributed by atoms with Gasteiger partial charge in [-0.05, 0) is 18.6 Å². The summed E-state index contributed by atoms with van der Waals surface area (Å²) in [6, 6.07) is 5.77. The van der Waals surface area contributed by atoms with Gasteiger partial charge in [-0.1, -0.05) is 13.0 Å². The monoisotopic (exact) mass is 261 g/mol. The van der Waals surface area contributed by atoms with Crippen molar-refractivity contribution >= 4 is 11.4 Å². The van der Waals surface area contributed by atoms with Crippen molar-refractivity contribution in [3.63, 3.8) is 0 Å². The summed E-state index contributed by atoms with van der Waals surface area (Å²) < 4.78 is 6.91. The average Bonchev–Trinajstić information content (AvgIpc) is 2.82. The maximum Gasteiger partial charge on any atom is 0.272 e. The van der Waals surface area contributed by atoms with Gasteiger partial charge in [0.05, 0.1) is 5.52 Å². The number of pyridine rings is 1. The number of hydrogen-bond donors (Lipinski definition) is 1. The van der Waals surface area contributed by atoms with Crippen molar-refractivity contribution in [1.82, 2.24) is 14.7 Å². The third kappa shape index (κ3) is 2.93. The number of carbonyl (C=O) groups excluding carboxylic acids is 1. The fourth-order valence-corrected chi connectivity index (χ4v) is 2.02. The molecule has 1 amide bonds. The molecule has 19 heavy (non-hydrogen) atoms. The molecule has 102 valence electrons. The van der Waals surface area contributed by atoms with Crippen molar-refractivity contribution in [3.05, 3.63) is 35.9 Å². The number of methoxy groups -OCH3 is 1. The number of aryl methyl sites for hydroxylation is 1. The van der Waals surface area contributed by atoms with Crippen LogP contribution in [0, 0.1) is 0 Å². The van der Waals surface area contributed by atoms with Gasteiger partial charge in [-0.2, -0.15) is 0 Å². The van der Waals surface area contributed by atoms with Crippen molar-refractivity contribution in [2.75, 3.05) is 20.3 Å². The number of carbonyl (C=O) groups is 1. The number of amides is 1. The number of rotatable bonds is 6. The van der Waals surface area contributed by atoms with Gasteiger partial charge in [0, 0.05) is 32.9 Å². The SMILES string of the molecule is CCc1nc(C(=O)NCCCOC)c2ccccn12. The van der Waals surface area contributed by atoms with E-state index in [2.05, 4.69) is 10.3 Å². The van der Waals surface area contributed by atoms with Crippen molar-refractivity contribution < 1.29 is 9.53 Å². The minimum absolute atomic E-state index is 0.125. The predicted molar refractivity (Wildman–Crippen MR) is 73.4 cm³/mol. The highest BCUT2D eigenvalue weighted by atomic mass is 16.5. The van der Waals surface area contributed by atoms with Crippen LogP contribution < -0.4 is 5.32 Å². The number of fused-ring (bicyclic) bond motifs is 1. The van der Waals surface area contributed by atoms with Crippen LogP contribution >= 0.6 is 0 Å². The van der Waals surface area contributed by atoms with E-state index in [9.17, 15) is 4.79 Å². The van der Waals surface area contributed by atoms with Crippen LogP contribution in [0.4, 0.5) is 0 Å². The van der Waals surface area contributed by atoms with Crippen molar-refractivity contribution in [1.29, 1.82) is 0 Å². The van der Waals surface area contributed by atoms with Gasteiger partial charge in [0.15, 0.2) is 5.69 Å². The smallest absolute Gasteiger partial charge is 0.272 e. The van der Waals surface area contributed by atoms with Gasteiger partial charge in [0.25, 0.3) is 5.91 Å². The topological polar surface area (TPSA) is 55.6 Å². The lowest BCUT2D eigenvalue weighted by Crippen LogP contribution is -2.25. The Bertz CT molecular complexity index is 563. The van der Waals surface area contributed by atoms with Crippen molar-refractivity contribution in [2.45, 2.75) is 19.8 Å². The van der Waals surface area contributed by atoms with Gasteiger partial charge in [0.1, 0.15) is 5.82 Å². The molecule has 0 spiro atoms. The van der Waals surface area contributed by atoms with Crippen LogP contribution in [0.15, 0.2) is 24.4 Å². The van der Waals surface area contributed by atoms with E-state index in [-0.39, 0.29) is 5.91 Å². The molecule has 0 aliphatic carbocycles. The van der Waals surface area contributed by atoms with E-state index < -0.39 is 0 Å². The zero-order valence-electron chi connectivity index (χ0n) is 11.3. The minimum atomic E-state index is -0.125. The first-order valence-corrected chi connectivity index (χ1v) is 6.51. The number of ether oxygens (including phenoxy) is 1. The molecule has 5 heteroatoms. The summed E-state index contributed by atoms with van der Waals surface area (Å²) in [7, 11) is 1.65. The first-order valence-electron chi connectivity index (χ1n) is 6.51. The van der Waals surface area contributed by atoms with Crippen LogP contribution in [0.1, 0.15) is 29.7 Å². The van der Waals surface area contributed by atoms with Crippen LogP contribution in [0.25, 0.3) is 5.52 Å². The quantitative estimate of drug-likeness (QED) is 0.805. The van der Waals surface area contributed by atoms with Gasteiger partial charge in [-0.3, -0.25) is 4.79 Å². The maximum absolute atomic E-state index is 12.1. The van der Waals surface area contributed by atoms with Crippen LogP contribution in [0.3, 0.4) is 0 Å². The van der Waals surface area contributed by atoms with Gasteiger partial charge in [-0.25, -0.2) is 4.98 Å². The second-order valence-electron chi connectivity index (χ2n) is 4.29. The van der Waals surface area contributed by atoms with Crippen LogP contribution in [-0.2, 0) is 11.2 Å². The molecule has 2 rings (SSSR count). The standard InChI is InChI=1S/C14H19N3O2/c1-3-12-16-13(11-7-4-5-9-17(11)12)14(18)15-8-6-10-19-2/h4-5,7,9H,3,6,8,10H2,1-2H3,(H,15,18). The molecule has 0 saturated heterocycles. The largest absolute Gasteiger partial charge is 0.385 e. The molecule has 0 aliphatic rings. The predicted octanol–water partition coefficient (Wildman–Crippen LogP) is 1.66. The van der Waals surface area contributed by atoms with E-state index >= 15 is 0 Å². The minimum Gasteiger partial charge on any atom is -0.385 e. The number of hydrogen-bond acceptors (Lipinski definition) is 3. The molecule has 0 aliphatic heterocycles. The molecule has 0 aromatic carbocycles. The van der Waals surface area contributed by atoms with E-state index in [1.54, 1.807) is 7.11 Å². The van der Waals surface area contributed by atoms with Gasteiger partial charge >= 0.3 is 0 Å². The molecule has 0 saturated carbocycles. The molecule has 2 aromatic rings. The van der Waals surface area contributed by atoms with E-state index in [0.717, 1.165) is 24.2 Å². The summed E-state index contributed by atoms with van der Waals surface area (Å²) in [4.78, 5) is 16.5. The van der Waals surface area contributed by atoms with E-state index in [1.807, 2.05) is 35.7 Å². The zero-order chi connectivity index (χ0) is 13.7. The van der Waals surface area contributed by atoms with Crippen molar-refractivity contribution in [3.8, 4) is 0 Å². The molecular weight excluding hydrogens is 242 g/mol. The molecule has 0 unspecified atom stereocenters. The van der Waals surface area contributed by atoms with Crippen LogP contribution in [-0.4, -0.2) is 35.6 Å². The average molecular weight is 261 g/mol. The Balaban J connectivity index is 2.17. The highest BCUT2D eigenvalue weighted by Crippen LogP contribution is 2.13. The van der Waals surface area contributed by atoms with E-state index in [4.69, 9.17) is 4.74 Å². The Morgan fingerprint density at radius 2 is 2.32 bits per heavy atom. The summed E-state index contributed by atoms with van der Waals surface area (Å²) in [5.74, 6) is 0.775. The van der Waals surface area contributed by atoms with Crippen LogP contribution in [0.5, 0.6) is 0 Å². The molecule has 0 fully saturated rings. The van der Waals surface area contributed by atoms with Gasteiger partial charge < -0.3 is 14.5 Å². The summed E-state index contributed by atoms with van der Waals surface area (Å²) in [6.45, 7) is 3.27. The third-order valence-corrected chi connectivity index (χ3v) is 2.96. The Morgan fingerprint density at radius 1 is 1.47 bits per heavy atom. The fourth-order valence-electron chi connectivity index (χ4n) is 2.02. The zero-order valence-corrected chi connectivity index (χ0v) is 11.3. The Morgan fingerprint density at radius 3 is 3.05 bits per heavy atom. The first-order chi connectivity index (χ1) is 9.27. The van der Waals surface area contributed by atoms with E-state index in [0.29, 0.717) is 18.8 Å². The first kappa shape index (κ1) is 13.5. The van der Waals surface area contributed by atoms with Crippen molar-refractivity contribution in [2.24, 2.45) is 0 Å². The molecule has 0 atom stereocenters. The summed E-state index contributed by atoms with van der Waals surface area (Å²) in [5, 5.41) is 2.87. The van der Waals surface area contributed by atoms with E-state index in [1.165, 1.54) is 0 Å². The highest BCUT2D eigenvalue weighted by Gasteiger charge is 2.15. The molecule has 0 radical (unpaired) electrons. The lowest BCUT2D eigenvalue weighted by atomic mass is 10.3. The molecule has 1 N–H and O–H groups in total.